The molecule has 4 bridgehead atoms. The lowest BCUT2D eigenvalue weighted by Gasteiger charge is -2.57. The Hall–Kier alpha value is -4.93. The molecule has 4 fully saturated rings. The summed E-state index contributed by atoms with van der Waals surface area (Å²) in [7, 11) is 11.7. The second-order valence-corrected chi connectivity index (χ2v) is 22.4. The number of benzene rings is 6. The number of thiophene rings is 1. The standard InChI is InChI=1S/C52H50B6N2OS/c1-51(2,3)29-15-17-40-33(21-29)47-50(62-40)58-34-16-14-30(52-23-26-18-27(24-52)20-28(19-26)25-52)22-38(34)59(37-12-6-9-32-31-8-4-5-13-39(31)61-49(32)37)35-10-7-11-36(46(35)58)60(47)48-44(56)42(54)41(53)43(55)45(48)57/h4-17,21-22,26-28H,18-20,23-25,53-57H2,1-3H3. The first-order valence-corrected chi connectivity index (χ1v) is 24.1. The van der Waals surface area contributed by atoms with Crippen LogP contribution in [0.25, 0.3) is 32.0 Å². The highest BCUT2D eigenvalue weighted by Crippen LogP contribution is 2.61. The summed E-state index contributed by atoms with van der Waals surface area (Å²) < 4.78 is 9.75. The van der Waals surface area contributed by atoms with E-state index in [0.717, 1.165) is 34.6 Å². The summed E-state index contributed by atoms with van der Waals surface area (Å²) in [4.78, 5) is 5.33. The van der Waals surface area contributed by atoms with Crippen molar-refractivity contribution in [3.63, 3.8) is 0 Å². The van der Waals surface area contributed by atoms with Gasteiger partial charge in [-0.15, -0.1) is 16.8 Å². The molecule has 2 aliphatic heterocycles. The van der Waals surface area contributed by atoms with Crippen molar-refractivity contribution in [3.05, 3.63) is 108 Å². The number of anilines is 6. The lowest BCUT2D eigenvalue weighted by atomic mass is 9.36. The van der Waals surface area contributed by atoms with Crippen molar-refractivity contribution >= 4 is 166 Å². The van der Waals surface area contributed by atoms with Gasteiger partial charge in [-0.05, 0) is 132 Å². The lowest BCUT2D eigenvalue weighted by Crippen LogP contribution is -2.62. The Balaban J connectivity index is 1.14. The fourth-order valence-electron chi connectivity index (χ4n) is 13.9. The van der Waals surface area contributed by atoms with Crippen LogP contribution in [0.2, 0.25) is 0 Å². The molecule has 0 N–H and O–H groups in total. The molecule has 6 aromatic carbocycles. The third kappa shape index (κ3) is 5.02. The van der Waals surface area contributed by atoms with Crippen molar-refractivity contribution in [2.45, 2.75) is 70.1 Å². The Morgan fingerprint density at radius 3 is 1.95 bits per heavy atom. The summed E-state index contributed by atoms with van der Waals surface area (Å²) in [6, 6.07) is 37.7. The first-order chi connectivity index (χ1) is 29.9. The van der Waals surface area contributed by atoms with Gasteiger partial charge in [-0.3, -0.25) is 0 Å². The SMILES string of the molecule is Bc1c(B)c(B)c(N2c3cccc4c3B(c3ccc(C56CC7CC(CC(C7)C5)C6)cc3N4c3cccc4c3oc3ccccc34)c3sc4ccc(C(C)(C)C)cc4c32)c(B)c1B. The van der Waals surface area contributed by atoms with Gasteiger partial charge in [0.05, 0.1) is 11.4 Å². The maximum absolute atomic E-state index is 6.94. The van der Waals surface area contributed by atoms with Gasteiger partial charge in [-0.1, -0.05) is 97.2 Å². The molecule has 0 spiro atoms. The van der Waals surface area contributed by atoms with Crippen LogP contribution in [0.1, 0.15) is 70.4 Å². The molecule has 4 saturated carbocycles. The van der Waals surface area contributed by atoms with Crippen LogP contribution in [0, 0.1) is 17.8 Å². The average molecular weight is 816 g/mol. The lowest BCUT2D eigenvalue weighted by molar-refractivity contribution is -0.00516. The topological polar surface area (TPSA) is 19.6 Å². The number of nitrogens with zero attached hydrogens (tertiary/aromatic N) is 2. The number of hydrogen-bond acceptors (Lipinski definition) is 4. The smallest absolute Gasteiger partial charge is 0.264 e. The van der Waals surface area contributed by atoms with Crippen LogP contribution in [-0.2, 0) is 10.8 Å². The van der Waals surface area contributed by atoms with Gasteiger partial charge >= 0.3 is 0 Å². The van der Waals surface area contributed by atoms with Crippen molar-refractivity contribution in [2.24, 2.45) is 17.8 Å². The van der Waals surface area contributed by atoms with Crippen LogP contribution in [0.3, 0.4) is 0 Å². The third-order valence-corrected chi connectivity index (χ3v) is 18.1. The van der Waals surface area contributed by atoms with Gasteiger partial charge in [0.1, 0.15) is 44.8 Å². The monoisotopic (exact) mass is 816 g/mol. The summed E-state index contributed by atoms with van der Waals surface area (Å²) in [6.07, 6.45) is 8.39. The molecule has 14 rings (SSSR count). The van der Waals surface area contributed by atoms with Crippen molar-refractivity contribution < 1.29 is 4.42 Å². The van der Waals surface area contributed by atoms with E-state index in [4.69, 9.17) is 4.42 Å². The Morgan fingerprint density at radius 1 is 0.613 bits per heavy atom. The maximum atomic E-state index is 6.94. The molecule has 0 unspecified atom stereocenters. The highest BCUT2D eigenvalue weighted by molar-refractivity contribution is 7.33. The zero-order valence-corrected chi connectivity index (χ0v) is 38.3. The highest BCUT2D eigenvalue weighted by atomic mass is 32.1. The summed E-state index contributed by atoms with van der Waals surface area (Å²) in [5, 5.41) is 3.71. The van der Waals surface area contributed by atoms with Crippen molar-refractivity contribution in [1.82, 2.24) is 0 Å². The second kappa shape index (κ2) is 12.8. The molecule has 0 radical (unpaired) electrons. The Bertz CT molecular complexity index is 3210. The van der Waals surface area contributed by atoms with E-state index in [1.54, 1.807) is 5.56 Å². The van der Waals surface area contributed by atoms with Crippen molar-refractivity contribution in [3.8, 4) is 0 Å². The van der Waals surface area contributed by atoms with Crippen molar-refractivity contribution in [1.29, 1.82) is 0 Å². The predicted octanol–water partition coefficient (Wildman–Crippen LogP) is 3.94. The summed E-state index contributed by atoms with van der Waals surface area (Å²) in [5.41, 5.74) is 22.5. The van der Waals surface area contributed by atoms with Crippen molar-refractivity contribution in [2.75, 3.05) is 9.80 Å². The summed E-state index contributed by atoms with van der Waals surface area (Å²) in [6.45, 7) is 7.14. The maximum Gasteiger partial charge on any atom is 0.264 e. The second-order valence-electron chi connectivity index (χ2n) is 21.3. The molecule has 4 heterocycles. The molecule has 4 aliphatic carbocycles. The van der Waals surface area contributed by atoms with E-state index in [2.05, 4.69) is 167 Å². The van der Waals surface area contributed by atoms with E-state index in [0.29, 0.717) is 0 Å². The molecule has 62 heavy (non-hydrogen) atoms. The molecule has 10 heteroatoms. The largest absolute Gasteiger partial charge is 0.454 e. The number of hydrogen-bond donors (Lipinski definition) is 0. The van der Waals surface area contributed by atoms with Gasteiger partial charge in [0.15, 0.2) is 5.58 Å². The van der Waals surface area contributed by atoms with Gasteiger partial charge in [-0.25, -0.2) is 0 Å². The van der Waals surface area contributed by atoms with Gasteiger partial charge in [-0.2, -0.15) is 0 Å². The molecular weight excluding hydrogens is 766 g/mol. The molecule has 8 aromatic rings. The van der Waals surface area contributed by atoms with E-state index in [-0.39, 0.29) is 17.5 Å². The third-order valence-electron chi connectivity index (χ3n) is 16.9. The van der Waals surface area contributed by atoms with Crippen LogP contribution in [0.5, 0.6) is 0 Å². The number of rotatable bonds is 3. The van der Waals surface area contributed by atoms with Gasteiger partial charge in [0, 0.05) is 48.4 Å². The van der Waals surface area contributed by atoms with Crippen LogP contribution in [0.4, 0.5) is 34.1 Å². The average Bonchev–Trinajstić information content (AvgIpc) is 3.83. The number of furan rings is 1. The van der Waals surface area contributed by atoms with Crippen LogP contribution in [-0.4, -0.2) is 45.9 Å². The molecule has 3 nitrogen and oxygen atoms in total. The van der Waals surface area contributed by atoms with Gasteiger partial charge < -0.3 is 14.2 Å². The Kier molecular flexibility index (Phi) is 7.79. The highest BCUT2D eigenvalue weighted by Gasteiger charge is 2.53. The molecular formula is C52H50B6N2OS. The fraction of sp³-hybridized carbons (Fsp3) is 0.269. The van der Waals surface area contributed by atoms with E-state index >= 15 is 0 Å². The van der Waals surface area contributed by atoms with Crippen LogP contribution < -0.4 is 52.8 Å². The minimum Gasteiger partial charge on any atom is -0.454 e. The molecule has 298 valence electrons. The first kappa shape index (κ1) is 37.6. The molecule has 0 saturated heterocycles. The molecule has 6 aliphatic rings. The predicted molar refractivity (Wildman–Crippen MR) is 283 cm³/mol. The molecule has 0 amide bonds. The van der Waals surface area contributed by atoms with E-state index in [1.165, 1.54) is 136 Å². The quantitative estimate of drug-likeness (QED) is 0.253. The zero-order chi connectivity index (χ0) is 42.1. The van der Waals surface area contributed by atoms with Crippen LogP contribution in [0.15, 0.2) is 101 Å². The van der Waals surface area contributed by atoms with Crippen LogP contribution >= 0.6 is 11.3 Å². The Morgan fingerprint density at radius 2 is 1.24 bits per heavy atom. The summed E-state index contributed by atoms with van der Waals surface area (Å²) in [5.74, 6) is 2.64. The first-order valence-electron chi connectivity index (χ1n) is 23.3. The number of para-hydroxylation sites is 2. The molecule has 2 aromatic heterocycles. The van der Waals surface area contributed by atoms with E-state index in [9.17, 15) is 0 Å². The minimum absolute atomic E-state index is 0.0275. The van der Waals surface area contributed by atoms with Gasteiger partial charge in [0.2, 0.25) is 0 Å². The fourth-order valence-corrected chi connectivity index (χ4v) is 15.2. The van der Waals surface area contributed by atoms with E-state index in [1.807, 2.05) is 11.3 Å². The summed E-state index contributed by atoms with van der Waals surface area (Å²) >= 11 is 2.02. The van der Waals surface area contributed by atoms with E-state index < -0.39 is 0 Å². The Labute approximate surface area is 374 Å². The zero-order valence-electron chi connectivity index (χ0n) is 37.5. The number of fused-ring (bicyclic) bond motifs is 9. The van der Waals surface area contributed by atoms with Gasteiger partial charge in [0.25, 0.3) is 6.71 Å². The normalized spacial score (nSPS) is 22.2. The minimum atomic E-state index is 0.0275. The molecule has 0 atom stereocenters.